The summed E-state index contributed by atoms with van der Waals surface area (Å²) in [5, 5.41) is 118. The first-order chi connectivity index (χ1) is 31.9. The van der Waals surface area contributed by atoms with Crippen molar-refractivity contribution in [3.05, 3.63) is 0 Å². The van der Waals surface area contributed by atoms with E-state index in [-0.39, 0.29) is 51.8 Å². The lowest BCUT2D eigenvalue weighted by molar-refractivity contribution is -0.361. The average Bonchev–Trinajstić information content (AvgIpc) is 3.71. The van der Waals surface area contributed by atoms with Crippen LogP contribution in [-0.2, 0) is 42.8 Å². The number of hydrogen-bond acceptors (Lipinski definition) is 19. The number of aldehydes is 1. The number of esters is 1. The Morgan fingerprint density at radius 1 is 0.676 bits per heavy atom. The van der Waals surface area contributed by atoms with Crippen molar-refractivity contribution >= 4 is 18.2 Å². The molecule has 388 valence electrons. The summed E-state index contributed by atoms with van der Waals surface area (Å²) in [6.07, 6.45) is -18.7. The van der Waals surface area contributed by atoms with Crippen LogP contribution < -0.4 is 0 Å². The molecule has 0 aromatic carbocycles. The minimum absolute atomic E-state index is 0.0285. The largest absolute Gasteiger partial charge is 0.481 e. The predicted molar refractivity (Wildman–Crippen MR) is 231 cm³/mol. The summed E-state index contributed by atoms with van der Waals surface area (Å²) in [5.74, 6) is -2.60. The van der Waals surface area contributed by atoms with Crippen molar-refractivity contribution in [3.8, 4) is 0 Å². The number of rotatable bonds is 11. The Balaban J connectivity index is 0.978. The number of aliphatic hydroxyl groups is 10. The van der Waals surface area contributed by atoms with Crippen LogP contribution in [0.15, 0.2) is 0 Å². The fourth-order valence-electron chi connectivity index (χ4n) is 15.9. The van der Waals surface area contributed by atoms with Crippen LogP contribution in [0.25, 0.3) is 0 Å². The third-order valence-corrected chi connectivity index (χ3v) is 20.1. The Morgan fingerprint density at radius 3 is 1.99 bits per heavy atom. The van der Waals surface area contributed by atoms with E-state index in [4.69, 9.17) is 28.4 Å². The molecule has 11 N–H and O–H groups in total. The Morgan fingerprint density at radius 2 is 1.32 bits per heavy atom. The number of aliphatic hydroxyl groups excluding tert-OH is 10. The van der Waals surface area contributed by atoms with E-state index < -0.39 is 134 Å². The summed E-state index contributed by atoms with van der Waals surface area (Å²) >= 11 is 0. The van der Waals surface area contributed by atoms with E-state index in [1.807, 2.05) is 6.92 Å². The topological polar surface area (TPSA) is 329 Å². The average molecular weight is 973 g/mol. The molecule has 3 saturated heterocycles. The van der Waals surface area contributed by atoms with E-state index in [2.05, 4.69) is 20.8 Å². The lowest BCUT2D eigenvalue weighted by Crippen LogP contribution is -2.68. The maximum absolute atomic E-state index is 15.0. The predicted octanol–water partition coefficient (Wildman–Crippen LogP) is -0.652. The van der Waals surface area contributed by atoms with Crippen LogP contribution in [0.1, 0.15) is 106 Å². The SMILES string of the molecule is C[C@H](C=O)[C@@H]1CC[C@]2(C(=O)O[C@@H]3O[C@H](CO[C@@H]4O[C@H](CO)[C@@H](O[C@@H]5O[C@@H](C)[C@H](O)[C@@H](O)[C@H]5O)[C@H](O)[C@H]4O)[C@@H](O)[C@H](O)[C@H]3O)CC[C@]3(C)[C@H](CC[C@@H]4[C@@]5(C)CC[C@@H](O)[C@@](C)(C(=O)O)[C@@H]5CC[C@]43C)[C@@H]12. The van der Waals surface area contributed by atoms with Gasteiger partial charge in [-0.25, -0.2) is 0 Å². The zero-order valence-corrected chi connectivity index (χ0v) is 39.9. The summed E-state index contributed by atoms with van der Waals surface area (Å²) in [7, 11) is 0. The van der Waals surface area contributed by atoms with Crippen molar-refractivity contribution in [2.45, 2.75) is 204 Å². The Kier molecular flexibility index (Phi) is 14.5. The van der Waals surface area contributed by atoms with E-state index in [1.54, 1.807) is 6.92 Å². The summed E-state index contributed by atoms with van der Waals surface area (Å²) in [6.45, 7) is 10.4. The smallest absolute Gasteiger partial charge is 0.314 e. The van der Waals surface area contributed by atoms with Crippen LogP contribution in [0.5, 0.6) is 0 Å². The highest BCUT2D eigenvalue weighted by molar-refractivity contribution is 5.79. The van der Waals surface area contributed by atoms with Crippen LogP contribution in [0, 0.1) is 62.6 Å². The number of carboxylic acids is 1. The zero-order valence-electron chi connectivity index (χ0n) is 39.9. The van der Waals surface area contributed by atoms with Gasteiger partial charge >= 0.3 is 11.9 Å². The molecule has 0 bridgehead atoms. The van der Waals surface area contributed by atoms with E-state index in [0.717, 1.165) is 25.5 Å². The van der Waals surface area contributed by atoms with Gasteiger partial charge in [-0.3, -0.25) is 9.59 Å². The number of carbonyl (C=O) groups is 3. The van der Waals surface area contributed by atoms with Crippen LogP contribution >= 0.6 is 0 Å². The van der Waals surface area contributed by atoms with Gasteiger partial charge in [0, 0.05) is 5.92 Å². The molecule has 3 heterocycles. The zero-order chi connectivity index (χ0) is 49.8. The molecule has 0 spiro atoms. The van der Waals surface area contributed by atoms with Crippen molar-refractivity contribution in [1.82, 2.24) is 0 Å². The van der Waals surface area contributed by atoms with Gasteiger partial charge in [-0.1, -0.05) is 27.7 Å². The summed E-state index contributed by atoms with van der Waals surface area (Å²) in [5.41, 5.74) is -3.30. The van der Waals surface area contributed by atoms with E-state index >= 15 is 0 Å². The minimum atomic E-state index is -1.90. The molecule has 0 unspecified atom stereocenters. The second kappa shape index (κ2) is 18.8. The van der Waals surface area contributed by atoms with E-state index in [9.17, 15) is 70.6 Å². The van der Waals surface area contributed by atoms with Crippen molar-refractivity contribution in [1.29, 1.82) is 0 Å². The van der Waals surface area contributed by atoms with Gasteiger partial charge in [-0.05, 0) is 124 Å². The first-order valence-corrected chi connectivity index (χ1v) is 24.7. The highest BCUT2D eigenvalue weighted by Gasteiger charge is 2.73. The van der Waals surface area contributed by atoms with Gasteiger partial charge in [0.2, 0.25) is 6.29 Å². The molecule has 8 fully saturated rings. The molecule has 8 rings (SSSR count). The molecule has 3 aliphatic heterocycles. The molecule has 0 aromatic rings. The fourth-order valence-corrected chi connectivity index (χ4v) is 15.9. The highest BCUT2D eigenvalue weighted by atomic mass is 16.8. The molecule has 68 heavy (non-hydrogen) atoms. The van der Waals surface area contributed by atoms with Gasteiger partial charge in [0.1, 0.15) is 73.4 Å². The molecule has 5 aliphatic carbocycles. The molecular formula is C48H76O20. The lowest BCUT2D eigenvalue weighted by atomic mass is 9.32. The maximum atomic E-state index is 15.0. The normalized spacial score (nSPS) is 55.1. The molecule has 20 nitrogen and oxygen atoms in total. The first kappa shape index (κ1) is 52.3. The number of aliphatic carboxylic acids is 1. The second-order valence-corrected chi connectivity index (χ2v) is 22.9. The number of ether oxygens (including phenoxy) is 6. The van der Waals surface area contributed by atoms with Crippen LogP contribution in [-0.4, -0.2) is 186 Å². The number of carbonyl (C=O) groups excluding carboxylic acids is 2. The first-order valence-electron chi connectivity index (χ1n) is 24.7. The summed E-state index contributed by atoms with van der Waals surface area (Å²) < 4.78 is 34.6. The third-order valence-electron chi connectivity index (χ3n) is 20.1. The molecule has 27 atom stereocenters. The van der Waals surface area contributed by atoms with Gasteiger partial charge in [0.15, 0.2) is 12.6 Å². The number of hydrogen-bond donors (Lipinski definition) is 11. The minimum Gasteiger partial charge on any atom is -0.481 e. The molecule has 5 saturated carbocycles. The standard InChI is InChI=1S/C48H76O20/c1-20(17-49)22-9-14-48(16-15-45(4)23(29(22)48)7-8-26-44(3)12-11-28(51)47(6,42(60)61)27(44)10-13-46(26,45)5)43(62)68-41-36(58)33(55)31(53)25(66-41)19-63-39-37(59)34(56)38(24(18-50)65-39)67-40-35(57)32(54)30(52)21(2)64-40/h17,20-41,50-59H,7-16,18-19H2,1-6H3,(H,60,61)/t20-,21+,22+,23-,24-,25-,26-,27-,28-,29-,30+,31-,32-,33+,34-,35-,36-,37-,38-,39-,40+,41+,44-,45-,46-,47+,48+/m1/s1. The lowest BCUT2D eigenvalue weighted by Gasteiger charge is -2.72. The van der Waals surface area contributed by atoms with Gasteiger partial charge in [-0.2, -0.15) is 0 Å². The molecule has 0 radical (unpaired) electrons. The monoisotopic (exact) mass is 972 g/mol. The van der Waals surface area contributed by atoms with Crippen molar-refractivity contribution in [3.63, 3.8) is 0 Å². The van der Waals surface area contributed by atoms with Crippen molar-refractivity contribution in [2.24, 2.45) is 62.6 Å². The van der Waals surface area contributed by atoms with Crippen LogP contribution in [0.2, 0.25) is 0 Å². The Labute approximate surface area is 396 Å². The maximum Gasteiger partial charge on any atom is 0.314 e. The Hall–Kier alpha value is -1.99. The van der Waals surface area contributed by atoms with Crippen LogP contribution in [0.3, 0.4) is 0 Å². The second-order valence-electron chi connectivity index (χ2n) is 22.9. The van der Waals surface area contributed by atoms with Crippen LogP contribution in [0.4, 0.5) is 0 Å². The van der Waals surface area contributed by atoms with Gasteiger partial charge in [0.05, 0.1) is 36.3 Å². The molecule has 0 aromatic heterocycles. The van der Waals surface area contributed by atoms with Gasteiger partial charge in [-0.15, -0.1) is 0 Å². The third kappa shape index (κ3) is 7.84. The quantitative estimate of drug-likeness (QED) is 0.0905. The molecular weight excluding hydrogens is 897 g/mol. The number of fused-ring (bicyclic) bond motifs is 7. The summed E-state index contributed by atoms with van der Waals surface area (Å²) in [6, 6.07) is 0. The van der Waals surface area contributed by atoms with Crippen molar-refractivity contribution in [2.75, 3.05) is 13.2 Å². The Bertz CT molecular complexity index is 1860. The van der Waals surface area contributed by atoms with E-state index in [0.29, 0.717) is 44.9 Å². The molecule has 20 heteroatoms. The van der Waals surface area contributed by atoms with E-state index in [1.165, 1.54) is 6.92 Å². The van der Waals surface area contributed by atoms with Gasteiger partial charge < -0.3 is 89.4 Å². The van der Waals surface area contributed by atoms with Crippen molar-refractivity contribution < 1.29 is 99.0 Å². The van der Waals surface area contributed by atoms with Gasteiger partial charge in [0.25, 0.3) is 0 Å². The molecule has 8 aliphatic rings. The highest BCUT2D eigenvalue weighted by Crippen LogP contribution is 2.77. The molecule has 0 amide bonds. The number of carboxylic acid groups (broad SMARTS) is 1. The summed E-state index contributed by atoms with van der Waals surface area (Å²) in [4.78, 5) is 40.4. The fraction of sp³-hybridized carbons (Fsp3) is 0.938.